The molecule has 0 saturated carbocycles. The molecule has 0 aromatic heterocycles. The van der Waals surface area contributed by atoms with Crippen molar-refractivity contribution < 1.29 is 18.0 Å². The lowest BCUT2D eigenvalue weighted by atomic mass is 9.96. The first-order valence-corrected chi connectivity index (χ1v) is 11.0. The van der Waals surface area contributed by atoms with Crippen LogP contribution in [0.3, 0.4) is 0 Å². The maximum absolute atomic E-state index is 14.0. The molecule has 3 aromatic carbocycles. The minimum Gasteiger partial charge on any atom is -0.333 e. The lowest BCUT2D eigenvalue weighted by Gasteiger charge is -2.28. The summed E-state index contributed by atoms with van der Waals surface area (Å²) in [6.45, 7) is 0. The Kier molecular flexibility index (Phi) is 5.48. The molecule has 4 nitrogen and oxygen atoms in total. The predicted molar refractivity (Wildman–Crippen MR) is 124 cm³/mol. The summed E-state index contributed by atoms with van der Waals surface area (Å²) in [6.07, 6.45) is -2.62. The van der Waals surface area contributed by atoms with Gasteiger partial charge in [0.05, 0.1) is 29.8 Å². The third kappa shape index (κ3) is 3.87. The Morgan fingerprint density at radius 3 is 2.21 bits per heavy atom. The number of halogens is 3. The van der Waals surface area contributed by atoms with E-state index in [0.29, 0.717) is 11.7 Å². The molecule has 0 spiro atoms. The van der Waals surface area contributed by atoms with Gasteiger partial charge in [-0.3, -0.25) is 9.69 Å². The molecule has 2 heterocycles. The summed E-state index contributed by atoms with van der Waals surface area (Å²) in [4.78, 5) is 21.4. The minimum absolute atomic E-state index is 0.0841. The molecule has 0 bridgehead atoms. The van der Waals surface area contributed by atoms with E-state index in [1.165, 1.54) is 17.0 Å². The van der Waals surface area contributed by atoms with E-state index in [9.17, 15) is 18.0 Å². The van der Waals surface area contributed by atoms with Gasteiger partial charge in [-0.2, -0.15) is 13.2 Å². The number of benzene rings is 3. The highest BCUT2D eigenvalue weighted by molar-refractivity contribution is 6.04. The fourth-order valence-electron chi connectivity index (χ4n) is 4.65. The third-order valence-electron chi connectivity index (χ3n) is 6.19. The average molecular weight is 461 g/mol. The van der Waals surface area contributed by atoms with E-state index in [2.05, 4.69) is 0 Å². The summed E-state index contributed by atoms with van der Waals surface area (Å²) in [7, 11) is 1.69. The molecule has 172 valence electrons. The highest BCUT2D eigenvalue weighted by atomic mass is 19.4. The Morgan fingerprint density at radius 2 is 1.53 bits per heavy atom. The number of carbonyl (C=O) groups is 1. The van der Waals surface area contributed by atoms with Crippen molar-refractivity contribution in [3.63, 3.8) is 0 Å². The molecule has 1 fully saturated rings. The van der Waals surface area contributed by atoms with E-state index in [-0.39, 0.29) is 17.9 Å². The van der Waals surface area contributed by atoms with Crippen LogP contribution in [0, 0.1) is 0 Å². The van der Waals surface area contributed by atoms with Gasteiger partial charge in [-0.15, -0.1) is 0 Å². The molecule has 34 heavy (non-hydrogen) atoms. The monoisotopic (exact) mass is 461 g/mol. The van der Waals surface area contributed by atoms with E-state index < -0.39 is 23.8 Å². The van der Waals surface area contributed by atoms with Gasteiger partial charge < -0.3 is 4.90 Å². The number of hydrogen-bond acceptors (Lipinski definition) is 3. The van der Waals surface area contributed by atoms with E-state index in [0.717, 1.165) is 17.2 Å². The third-order valence-corrected chi connectivity index (χ3v) is 6.19. The van der Waals surface area contributed by atoms with Gasteiger partial charge >= 0.3 is 6.18 Å². The molecule has 2 unspecified atom stereocenters. The summed E-state index contributed by atoms with van der Waals surface area (Å²) in [5.74, 6) is 0.161. The highest BCUT2D eigenvalue weighted by Crippen LogP contribution is 2.46. The van der Waals surface area contributed by atoms with Gasteiger partial charge in [-0.05, 0) is 28.8 Å². The summed E-state index contributed by atoms with van der Waals surface area (Å²) < 4.78 is 41.9. The van der Waals surface area contributed by atoms with E-state index in [4.69, 9.17) is 4.99 Å². The van der Waals surface area contributed by atoms with Crippen LogP contribution in [0.1, 0.15) is 40.8 Å². The number of rotatable bonds is 3. The number of aliphatic imine (C=N–C) groups is 1. The maximum atomic E-state index is 14.0. The largest absolute Gasteiger partial charge is 0.416 e. The van der Waals surface area contributed by atoms with Crippen LogP contribution in [-0.2, 0) is 11.0 Å². The first-order valence-electron chi connectivity index (χ1n) is 11.0. The minimum atomic E-state index is -4.53. The van der Waals surface area contributed by atoms with Crippen LogP contribution in [0.2, 0.25) is 0 Å². The molecule has 1 saturated heterocycles. The number of hydrogen-bond donors (Lipinski definition) is 0. The molecular formula is C27H22F3N3O. The van der Waals surface area contributed by atoms with Crippen molar-refractivity contribution >= 4 is 17.9 Å². The molecule has 7 heteroatoms. The van der Waals surface area contributed by atoms with Gasteiger partial charge in [0.25, 0.3) is 0 Å². The zero-order valence-corrected chi connectivity index (χ0v) is 18.4. The number of nitrogens with zero attached hydrogens (tertiary/aromatic N) is 3. The van der Waals surface area contributed by atoms with E-state index in [1.54, 1.807) is 24.1 Å². The topological polar surface area (TPSA) is 35.9 Å². The number of likely N-dealkylation sites (N-methyl/N-ethyl adjacent to an activating group) is 1. The van der Waals surface area contributed by atoms with Crippen LogP contribution < -0.4 is 0 Å². The predicted octanol–water partition coefficient (Wildman–Crippen LogP) is 6.06. The molecule has 2 aliphatic heterocycles. The van der Waals surface area contributed by atoms with Gasteiger partial charge in [0.15, 0.2) is 0 Å². The SMILES string of the molecule is CN1C2=NC(c3ccccc3)CC(=O)N2/C(=C\c2ccccc2)C1c1ccccc1C(F)(F)F. The van der Waals surface area contributed by atoms with Crippen LogP contribution in [0.15, 0.2) is 95.6 Å². The molecular weight excluding hydrogens is 439 g/mol. The summed E-state index contributed by atoms with van der Waals surface area (Å²) in [6, 6.07) is 23.1. The van der Waals surface area contributed by atoms with Crippen LogP contribution in [0.4, 0.5) is 13.2 Å². The van der Waals surface area contributed by atoms with Gasteiger partial charge in [-0.25, -0.2) is 4.99 Å². The van der Waals surface area contributed by atoms with E-state index in [1.807, 2.05) is 60.7 Å². The molecule has 1 amide bonds. The standard InChI is InChI=1S/C27H22F3N3O/c1-32-25(20-14-8-9-15-21(20)27(28,29)30)23(16-18-10-4-2-5-11-18)33-24(34)17-22(31-26(32)33)19-12-6-3-7-13-19/h2-16,22,25H,17H2,1H3/b23-16-. The summed E-state index contributed by atoms with van der Waals surface area (Å²) in [5, 5.41) is 0. The summed E-state index contributed by atoms with van der Waals surface area (Å²) in [5.41, 5.74) is 1.50. The first-order chi connectivity index (χ1) is 16.3. The van der Waals surface area contributed by atoms with Gasteiger partial charge in [0, 0.05) is 7.05 Å². The number of alkyl halides is 3. The fraction of sp³-hybridized carbons (Fsp3) is 0.185. The lowest BCUT2D eigenvalue weighted by molar-refractivity contribution is -0.138. The Hall–Kier alpha value is -3.87. The van der Waals surface area contributed by atoms with Crippen LogP contribution >= 0.6 is 0 Å². The highest BCUT2D eigenvalue weighted by Gasteiger charge is 2.47. The van der Waals surface area contributed by atoms with E-state index >= 15 is 0 Å². The number of fused-ring (bicyclic) bond motifs is 1. The molecule has 5 rings (SSSR count). The lowest BCUT2D eigenvalue weighted by Crippen LogP contribution is -2.40. The van der Waals surface area contributed by atoms with Crippen molar-refractivity contribution in [2.45, 2.75) is 24.7 Å². The molecule has 2 atom stereocenters. The van der Waals surface area contributed by atoms with Crippen LogP contribution in [0.25, 0.3) is 6.08 Å². The number of guanidine groups is 1. The summed E-state index contributed by atoms with van der Waals surface area (Å²) >= 11 is 0. The smallest absolute Gasteiger partial charge is 0.333 e. The normalized spacial score (nSPS) is 21.6. The van der Waals surface area contributed by atoms with Crippen molar-refractivity contribution in [2.24, 2.45) is 4.99 Å². The second-order valence-corrected chi connectivity index (χ2v) is 8.37. The Bertz CT molecular complexity index is 1270. The number of amides is 1. The van der Waals surface area contributed by atoms with Crippen molar-refractivity contribution in [1.82, 2.24) is 9.80 Å². The van der Waals surface area contributed by atoms with Crippen molar-refractivity contribution in [3.8, 4) is 0 Å². The molecule has 0 aliphatic carbocycles. The molecule has 0 radical (unpaired) electrons. The molecule has 0 N–H and O–H groups in total. The van der Waals surface area contributed by atoms with Gasteiger partial charge in [-0.1, -0.05) is 78.9 Å². The van der Waals surface area contributed by atoms with Crippen molar-refractivity contribution in [2.75, 3.05) is 7.05 Å². The second-order valence-electron chi connectivity index (χ2n) is 8.37. The first kappa shape index (κ1) is 21.9. The van der Waals surface area contributed by atoms with Crippen molar-refractivity contribution in [3.05, 3.63) is 113 Å². The zero-order chi connectivity index (χ0) is 23.9. The molecule has 2 aliphatic rings. The Balaban J connectivity index is 1.69. The average Bonchev–Trinajstić information content (AvgIpc) is 3.11. The maximum Gasteiger partial charge on any atom is 0.416 e. The zero-order valence-electron chi connectivity index (χ0n) is 18.4. The van der Waals surface area contributed by atoms with Crippen LogP contribution in [0.5, 0.6) is 0 Å². The van der Waals surface area contributed by atoms with Gasteiger partial charge in [0.1, 0.15) is 0 Å². The Labute approximate surface area is 195 Å². The fourth-order valence-corrected chi connectivity index (χ4v) is 4.65. The number of carbonyl (C=O) groups excluding carboxylic acids is 1. The second kappa shape index (κ2) is 8.48. The Morgan fingerprint density at radius 1 is 0.912 bits per heavy atom. The quantitative estimate of drug-likeness (QED) is 0.475. The van der Waals surface area contributed by atoms with Crippen LogP contribution in [-0.4, -0.2) is 28.7 Å². The van der Waals surface area contributed by atoms with Crippen molar-refractivity contribution in [1.29, 1.82) is 0 Å². The molecule has 3 aromatic rings. The van der Waals surface area contributed by atoms with Gasteiger partial charge in [0.2, 0.25) is 11.9 Å².